The highest BCUT2D eigenvalue weighted by Gasteiger charge is 2.14. The average molecular weight is 644 g/mol. The number of unbranched alkanes of at least 4 members (excludes halogenated alkanes) is 3. The normalized spacial score (nSPS) is 12.7. The molecule has 0 bridgehead atoms. The summed E-state index contributed by atoms with van der Waals surface area (Å²) in [5.41, 5.74) is 6.05. The van der Waals surface area contributed by atoms with Crippen LogP contribution in [0.25, 0.3) is 46.1 Å². The van der Waals surface area contributed by atoms with Gasteiger partial charge in [-0.1, -0.05) is 86.9 Å². The smallest absolute Gasteiger partial charge is 0.202 e. The number of aryl methyl sites for hydroxylation is 1. The molecule has 1 heterocycles. The zero-order valence-electron chi connectivity index (χ0n) is 25.1. The van der Waals surface area contributed by atoms with Crippen molar-refractivity contribution in [2.45, 2.75) is 48.9 Å². The van der Waals surface area contributed by atoms with Crippen molar-refractivity contribution in [3.05, 3.63) is 107 Å². The third-order valence-electron chi connectivity index (χ3n) is 7.90. The third-order valence-corrected chi connectivity index (χ3v) is 10.6. The molecule has 0 unspecified atom stereocenters. The fourth-order valence-corrected chi connectivity index (χ4v) is 6.79. The molecule has 0 aliphatic heterocycles. The lowest BCUT2D eigenvalue weighted by atomic mass is 10.1. The van der Waals surface area contributed by atoms with Gasteiger partial charge in [0.1, 0.15) is 11.9 Å². The first-order valence-corrected chi connectivity index (χ1v) is 18.2. The average Bonchev–Trinajstić information content (AvgIpc) is 3.37. The first kappa shape index (κ1) is 32.4. The maximum atomic E-state index is 11.9. The van der Waals surface area contributed by atoms with Crippen LogP contribution in [0.4, 0.5) is 0 Å². The molecule has 0 fully saturated rings. The molecule has 234 valence electrons. The number of aliphatic hydroxyl groups is 2. The summed E-state index contributed by atoms with van der Waals surface area (Å²) >= 11 is 0. The molecule has 0 radical (unpaired) electrons. The van der Waals surface area contributed by atoms with E-state index in [0.29, 0.717) is 0 Å². The second-order valence-electron chi connectivity index (χ2n) is 11.1. The number of hydrogen-bond acceptors (Lipinski definition) is 6. The van der Waals surface area contributed by atoms with Gasteiger partial charge < -0.3 is 14.8 Å². The molecule has 0 spiro atoms. The van der Waals surface area contributed by atoms with E-state index in [9.17, 15) is 16.8 Å². The number of nitrogens with zero attached hydrogens (tertiary/aromatic N) is 1. The van der Waals surface area contributed by atoms with Crippen LogP contribution in [0.1, 0.15) is 54.9 Å². The molecule has 7 nitrogen and oxygen atoms in total. The van der Waals surface area contributed by atoms with Gasteiger partial charge in [0.2, 0.25) is 19.7 Å². The Morgan fingerprint density at radius 2 is 0.956 bits per heavy atom. The number of benzene rings is 4. The monoisotopic (exact) mass is 643 g/mol. The van der Waals surface area contributed by atoms with E-state index >= 15 is 0 Å². The van der Waals surface area contributed by atoms with Crippen molar-refractivity contribution in [3.63, 3.8) is 0 Å². The molecule has 0 aliphatic carbocycles. The Hall–Kier alpha value is -4.02. The van der Waals surface area contributed by atoms with Crippen LogP contribution < -0.4 is 0 Å². The highest BCUT2D eigenvalue weighted by molar-refractivity contribution is 7.91. The molecule has 1 aromatic heterocycles. The second-order valence-corrected chi connectivity index (χ2v) is 15.0. The molecular formula is C36H37NO6S2. The zero-order chi connectivity index (χ0) is 32.0. The van der Waals surface area contributed by atoms with Crippen LogP contribution in [0.3, 0.4) is 0 Å². The molecule has 5 rings (SSSR count). The van der Waals surface area contributed by atoms with E-state index in [2.05, 4.69) is 47.9 Å². The van der Waals surface area contributed by atoms with Crippen LogP contribution in [-0.4, -0.2) is 43.5 Å². The van der Waals surface area contributed by atoms with Gasteiger partial charge in [0, 0.05) is 28.4 Å². The Morgan fingerprint density at radius 3 is 1.36 bits per heavy atom. The van der Waals surface area contributed by atoms with E-state index in [0.717, 1.165) is 46.0 Å². The minimum atomic E-state index is -3.67. The van der Waals surface area contributed by atoms with Crippen LogP contribution in [-0.2, 0) is 26.2 Å². The minimum Gasteiger partial charge on any atom is -0.380 e. The van der Waals surface area contributed by atoms with Crippen molar-refractivity contribution < 1.29 is 27.0 Å². The molecule has 9 heteroatoms. The Balaban J connectivity index is 1.48. The summed E-state index contributed by atoms with van der Waals surface area (Å²) in [7, 11) is -7.35. The van der Waals surface area contributed by atoms with E-state index in [-0.39, 0.29) is 9.79 Å². The van der Waals surface area contributed by atoms with E-state index in [1.165, 1.54) is 54.6 Å². The van der Waals surface area contributed by atoms with Crippen LogP contribution in [0.15, 0.2) is 94.7 Å². The maximum absolute atomic E-state index is 11.9. The largest absolute Gasteiger partial charge is 0.380 e. The molecule has 0 amide bonds. The maximum Gasteiger partial charge on any atom is 0.202 e. The lowest BCUT2D eigenvalue weighted by molar-refractivity contribution is 0.358. The van der Waals surface area contributed by atoms with E-state index in [1.807, 2.05) is 24.3 Å². The number of aromatic nitrogens is 1. The van der Waals surface area contributed by atoms with Crippen molar-refractivity contribution in [1.29, 1.82) is 0 Å². The topological polar surface area (TPSA) is 114 Å². The second kappa shape index (κ2) is 14.0. The number of sulfone groups is 2. The number of hydrogen-bond donors (Lipinski definition) is 2. The first-order chi connectivity index (χ1) is 21.6. The Kier molecular flexibility index (Phi) is 10.0. The molecular weight excluding hydrogens is 607 g/mol. The summed E-state index contributed by atoms with van der Waals surface area (Å²) in [4.78, 5) is 0.179. The van der Waals surface area contributed by atoms with Crippen LogP contribution in [0.5, 0.6) is 0 Å². The van der Waals surface area contributed by atoms with E-state index < -0.39 is 31.6 Å². The van der Waals surface area contributed by atoms with Gasteiger partial charge in [0.15, 0.2) is 0 Å². The summed E-state index contributed by atoms with van der Waals surface area (Å²) in [5.74, 6) is -1.84. The Bertz CT molecular complexity index is 1930. The molecule has 0 atom stereocenters. The molecule has 4 aromatic carbocycles. The SMILES string of the molecule is CCCCCCn1c2ccc(/C=C/c3ccc(S(=O)(=O)CO)cc3)cc2c2cc(/C=C/c3ccc(S(=O)(=O)CO)cc3)ccc21. The van der Waals surface area contributed by atoms with E-state index in [1.54, 1.807) is 24.3 Å². The van der Waals surface area contributed by atoms with Gasteiger partial charge in [0.05, 0.1) is 9.79 Å². The molecule has 0 saturated heterocycles. The third kappa shape index (κ3) is 7.45. The first-order valence-electron chi connectivity index (χ1n) is 14.9. The van der Waals surface area contributed by atoms with E-state index in [4.69, 9.17) is 10.2 Å². The van der Waals surface area contributed by atoms with Gasteiger partial charge in [-0.05, 0) is 77.2 Å². The lowest BCUT2D eigenvalue weighted by Crippen LogP contribution is -2.05. The van der Waals surface area contributed by atoms with Crippen LogP contribution in [0, 0.1) is 0 Å². The molecule has 0 saturated carbocycles. The number of aliphatic hydroxyl groups excluding tert-OH is 2. The summed E-state index contributed by atoms with van der Waals surface area (Å²) < 4.78 is 50.0. The van der Waals surface area contributed by atoms with Crippen molar-refractivity contribution in [3.8, 4) is 0 Å². The van der Waals surface area contributed by atoms with Gasteiger partial charge in [-0.2, -0.15) is 0 Å². The van der Waals surface area contributed by atoms with Gasteiger partial charge in [0.25, 0.3) is 0 Å². The highest BCUT2D eigenvalue weighted by atomic mass is 32.2. The van der Waals surface area contributed by atoms with Crippen LogP contribution in [0.2, 0.25) is 0 Å². The highest BCUT2D eigenvalue weighted by Crippen LogP contribution is 2.32. The van der Waals surface area contributed by atoms with Crippen molar-refractivity contribution in [2.75, 3.05) is 11.9 Å². The van der Waals surface area contributed by atoms with Gasteiger partial charge in [-0.3, -0.25) is 0 Å². The Labute approximate surface area is 264 Å². The molecule has 45 heavy (non-hydrogen) atoms. The molecule has 5 aromatic rings. The Morgan fingerprint density at radius 1 is 0.556 bits per heavy atom. The molecule has 0 aliphatic rings. The fourth-order valence-electron chi connectivity index (χ4n) is 5.39. The van der Waals surface area contributed by atoms with Crippen molar-refractivity contribution in [2.24, 2.45) is 0 Å². The van der Waals surface area contributed by atoms with Gasteiger partial charge >= 0.3 is 0 Å². The standard InChI is InChI=1S/C36H37NO6S2/c1-2-3-4-5-22-37-35-20-14-29(8-6-27-10-16-31(17-11-27)44(40,41)25-38)23-33(35)34-24-30(15-21-36(34)37)9-7-28-12-18-32(19-13-28)45(42,43)26-39/h6-21,23-24,38-39H,2-5,22,25-26H2,1H3/b8-6+,9-7+. The lowest BCUT2D eigenvalue weighted by Gasteiger charge is -2.08. The zero-order valence-corrected chi connectivity index (χ0v) is 26.8. The fraction of sp³-hybridized carbons (Fsp3) is 0.222. The predicted octanol–water partition coefficient (Wildman–Crippen LogP) is 7.16. The summed E-state index contributed by atoms with van der Waals surface area (Å²) in [5, 5.41) is 20.5. The summed E-state index contributed by atoms with van der Waals surface area (Å²) in [6, 6.07) is 25.7. The minimum absolute atomic E-state index is 0.0897. The number of fused-ring (bicyclic) bond motifs is 3. The van der Waals surface area contributed by atoms with Gasteiger partial charge in [-0.15, -0.1) is 0 Å². The summed E-state index contributed by atoms with van der Waals surface area (Å²) in [6.45, 7) is 3.14. The van der Waals surface area contributed by atoms with Crippen LogP contribution >= 0.6 is 0 Å². The molecule has 2 N–H and O–H groups in total. The van der Waals surface area contributed by atoms with Gasteiger partial charge in [-0.25, -0.2) is 16.8 Å². The number of rotatable bonds is 13. The van der Waals surface area contributed by atoms with Crippen molar-refractivity contribution in [1.82, 2.24) is 4.57 Å². The summed E-state index contributed by atoms with van der Waals surface area (Å²) in [6.07, 6.45) is 12.5. The quantitative estimate of drug-likeness (QED) is 0.104. The van der Waals surface area contributed by atoms with Crippen molar-refractivity contribution >= 4 is 65.8 Å². The predicted molar refractivity (Wildman–Crippen MR) is 183 cm³/mol.